The number of aliphatic imine (C=N–C) groups is 1. The third-order valence-electron chi connectivity index (χ3n) is 4.37. The number of esters is 1. The fourth-order valence-electron chi connectivity index (χ4n) is 3.16. The van der Waals surface area contributed by atoms with Crippen molar-refractivity contribution in [3.63, 3.8) is 0 Å². The van der Waals surface area contributed by atoms with E-state index in [-0.39, 0.29) is 18.4 Å². The Hall–Kier alpha value is -2.06. The first-order valence-corrected chi connectivity index (χ1v) is 9.60. The van der Waals surface area contributed by atoms with E-state index in [1.165, 1.54) is 11.3 Å². The van der Waals surface area contributed by atoms with Crippen molar-refractivity contribution in [3.05, 3.63) is 40.0 Å². The molecule has 0 aliphatic carbocycles. The maximum absolute atomic E-state index is 14.2. The normalized spacial score (nSPS) is 24.0. The van der Waals surface area contributed by atoms with Gasteiger partial charge in [0.15, 0.2) is 10.8 Å². The predicted molar refractivity (Wildman–Crippen MR) is 100.0 cm³/mol. The molecule has 0 radical (unpaired) electrons. The largest absolute Gasteiger partial charge is 0.463 e. The Morgan fingerprint density at radius 3 is 3.08 bits per heavy atom. The van der Waals surface area contributed by atoms with Crippen LogP contribution in [0.15, 0.2) is 40.0 Å². The molecule has 3 heterocycles. The monoisotopic (exact) mass is 378 g/mol. The minimum absolute atomic E-state index is 0.109. The van der Waals surface area contributed by atoms with Gasteiger partial charge in [-0.3, -0.25) is 9.89 Å². The molecule has 1 aromatic heterocycles. The third-order valence-corrected chi connectivity index (χ3v) is 5.15. The molecule has 0 bridgehead atoms. The number of aromatic nitrogens is 1. The van der Waals surface area contributed by atoms with Crippen LogP contribution in [0.2, 0.25) is 0 Å². The topological polar surface area (TPSA) is 66.8 Å². The molecule has 0 saturated carbocycles. The van der Waals surface area contributed by atoms with Gasteiger partial charge in [0.25, 0.3) is 0 Å². The summed E-state index contributed by atoms with van der Waals surface area (Å²) in [4.78, 5) is 23.0. The number of carbonyl (C=O) groups excluding carboxylic acids is 1. The Bertz CT molecular complexity index is 730. The molecule has 2 unspecified atom stereocenters. The summed E-state index contributed by atoms with van der Waals surface area (Å²) in [5.41, 5.74) is 1.22. The molecule has 8 heteroatoms. The lowest BCUT2D eigenvalue weighted by Crippen LogP contribution is -2.38. The van der Waals surface area contributed by atoms with Crippen molar-refractivity contribution in [2.24, 2.45) is 10.9 Å². The number of rotatable bonds is 6. The molecule has 0 spiro atoms. The number of ether oxygens (including phenoxy) is 1. The zero-order valence-corrected chi connectivity index (χ0v) is 15.8. The van der Waals surface area contributed by atoms with E-state index in [0.29, 0.717) is 37.6 Å². The molecule has 0 amide bonds. The van der Waals surface area contributed by atoms with Crippen LogP contribution in [0.1, 0.15) is 18.9 Å². The highest BCUT2D eigenvalue weighted by molar-refractivity contribution is 7.11. The van der Waals surface area contributed by atoms with Crippen molar-refractivity contribution in [2.75, 3.05) is 32.8 Å². The molecule has 1 fully saturated rings. The number of alkyl halides is 1. The van der Waals surface area contributed by atoms with E-state index in [1.54, 1.807) is 13.1 Å². The summed E-state index contributed by atoms with van der Waals surface area (Å²) in [7, 11) is 0. The number of amidine groups is 1. The second kappa shape index (κ2) is 8.55. The molecular formula is C18H23FN4O2S. The first-order valence-electron chi connectivity index (χ1n) is 8.72. The van der Waals surface area contributed by atoms with E-state index in [0.717, 1.165) is 10.7 Å². The zero-order chi connectivity index (χ0) is 18.5. The molecule has 2 atom stereocenters. The van der Waals surface area contributed by atoms with Gasteiger partial charge < -0.3 is 10.1 Å². The van der Waals surface area contributed by atoms with Crippen LogP contribution in [0.3, 0.4) is 0 Å². The fourth-order valence-corrected chi connectivity index (χ4v) is 3.76. The lowest BCUT2D eigenvalue weighted by Gasteiger charge is -2.24. The van der Waals surface area contributed by atoms with Gasteiger partial charge in [0.1, 0.15) is 6.17 Å². The summed E-state index contributed by atoms with van der Waals surface area (Å²) in [6.07, 6.45) is 4.61. The van der Waals surface area contributed by atoms with E-state index in [2.05, 4.69) is 15.3 Å². The number of hydrogen-bond acceptors (Lipinski definition) is 7. The fraction of sp³-hybridized carbons (Fsp3) is 0.500. The van der Waals surface area contributed by atoms with Crippen LogP contribution in [-0.2, 0) is 9.53 Å². The molecule has 6 nitrogen and oxygen atoms in total. The van der Waals surface area contributed by atoms with E-state index in [9.17, 15) is 9.18 Å². The molecule has 1 N–H and O–H groups in total. The van der Waals surface area contributed by atoms with Gasteiger partial charge in [0.2, 0.25) is 0 Å². The number of likely N-dealkylation sites (tertiary alicyclic amines) is 1. The highest BCUT2D eigenvalue weighted by atomic mass is 32.1. The van der Waals surface area contributed by atoms with Crippen molar-refractivity contribution >= 4 is 23.1 Å². The van der Waals surface area contributed by atoms with E-state index in [1.807, 2.05) is 29.4 Å². The Labute approximate surface area is 156 Å². The van der Waals surface area contributed by atoms with Crippen LogP contribution in [-0.4, -0.2) is 60.6 Å². The molecule has 2 aliphatic heterocycles. The minimum Gasteiger partial charge on any atom is -0.463 e. The van der Waals surface area contributed by atoms with Crippen LogP contribution in [0.5, 0.6) is 0 Å². The lowest BCUT2D eigenvalue weighted by molar-refractivity contribution is -0.138. The summed E-state index contributed by atoms with van der Waals surface area (Å²) < 4.78 is 19.4. The number of nitrogens with zero attached hydrogens (tertiary/aromatic N) is 3. The summed E-state index contributed by atoms with van der Waals surface area (Å²) >= 11 is 1.48. The van der Waals surface area contributed by atoms with Crippen molar-refractivity contribution in [3.8, 4) is 0 Å². The average Bonchev–Trinajstić information content (AvgIpc) is 3.26. The average molecular weight is 378 g/mol. The van der Waals surface area contributed by atoms with E-state index < -0.39 is 6.17 Å². The maximum atomic E-state index is 14.2. The summed E-state index contributed by atoms with van der Waals surface area (Å²) in [6.45, 7) is 5.63. The number of halogens is 1. The summed E-state index contributed by atoms with van der Waals surface area (Å²) in [5, 5.41) is 5.87. The summed E-state index contributed by atoms with van der Waals surface area (Å²) in [6, 6.07) is 0. The molecule has 1 saturated heterocycles. The molecule has 26 heavy (non-hydrogen) atoms. The molecule has 2 aliphatic rings. The van der Waals surface area contributed by atoms with Crippen LogP contribution in [0, 0.1) is 5.92 Å². The molecule has 0 aromatic carbocycles. The zero-order valence-electron chi connectivity index (χ0n) is 14.9. The Kier molecular flexibility index (Phi) is 6.16. The van der Waals surface area contributed by atoms with Crippen molar-refractivity contribution in [1.29, 1.82) is 0 Å². The van der Waals surface area contributed by atoms with Gasteiger partial charge in [-0.05, 0) is 13.8 Å². The Morgan fingerprint density at radius 1 is 1.54 bits per heavy atom. The first-order chi connectivity index (χ1) is 12.6. The van der Waals surface area contributed by atoms with Gasteiger partial charge in [0, 0.05) is 42.8 Å². The second-order valence-corrected chi connectivity index (χ2v) is 7.10. The van der Waals surface area contributed by atoms with Gasteiger partial charge in [-0.25, -0.2) is 14.2 Å². The molecule has 140 valence electrons. The van der Waals surface area contributed by atoms with Crippen molar-refractivity contribution < 1.29 is 13.9 Å². The Balaban J connectivity index is 1.77. The number of allylic oxidation sites excluding steroid dienone is 1. The lowest BCUT2D eigenvalue weighted by atomic mass is 10.1. The minimum atomic E-state index is -0.895. The number of hydrogen-bond donors (Lipinski definition) is 1. The van der Waals surface area contributed by atoms with Gasteiger partial charge in [-0.2, -0.15) is 0 Å². The molecule has 3 rings (SSSR count). The van der Waals surface area contributed by atoms with Gasteiger partial charge in [0.05, 0.1) is 18.7 Å². The number of thiazole rings is 1. The summed E-state index contributed by atoms with van der Waals surface area (Å²) in [5.74, 6) is 0.157. The Morgan fingerprint density at radius 2 is 2.38 bits per heavy atom. The number of nitrogens with one attached hydrogen (secondary N) is 1. The van der Waals surface area contributed by atoms with Crippen LogP contribution < -0.4 is 5.32 Å². The quantitative estimate of drug-likeness (QED) is 0.607. The first kappa shape index (κ1) is 18.7. The molecular weight excluding hydrogens is 355 g/mol. The maximum Gasteiger partial charge on any atom is 0.337 e. The standard InChI is InChI=1S/C18H23FN4O2S/c1-3-5-12-9-23(10-14(12)19)11-15-13(18(24)25-4-2)8-21-16(22-15)17-20-6-7-26-17/h3,5-7,12,14H,4,8-11H2,1-2H3,(H,21,22)/b5-3+. The van der Waals surface area contributed by atoms with E-state index >= 15 is 0 Å². The SMILES string of the molecule is C/C=C/C1CN(CC2=C(C(=O)OCC)CN=C(c3nccs3)N2)CC1F. The second-order valence-electron chi connectivity index (χ2n) is 6.20. The van der Waals surface area contributed by atoms with Crippen LogP contribution >= 0.6 is 11.3 Å². The predicted octanol–water partition coefficient (Wildman–Crippen LogP) is 2.16. The smallest absolute Gasteiger partial charge is 0.337 e. The third kappa shape index (κ3) is 4.19. The highest BCUT2D eigenvalue weighted by Gasteiger charge is 2.33. The molecule has 1 aromatic rings. The van der Waals surface area contributed by atoms with Gasteiger partial charge in [-0.15, -0.1) is 11.3 Å². The highest BCUT2D eigenvalue weighted by Crippen LogP contribution is 2.23. The van der Waals surface area contributed by atoms with E-state index in [4.69, 9.17) is 4.74 Å². The van der Waals surface area contributed by atoms with Crippen LogP contribution in [0.25, 0.3) is 0 Å². The van der Waals surface area contributed by atoms with Gasteiger partial charge >= 0.3 is 5.97 Å². The van der Waals surface area contributed by atoms with Crippen molar-refractivity contribution in [1.82, 2.24) is 15.2 Å². The van der Waals surface area contributed by atoms with Crippen molar-refractivity contribution in [2.45, 2.75) is 20.0 Å². The number of carbonyl (C=O) groups is 1. The van der Waals surface area contributed by atoms with Crippen LogP contribution in [0.4, 0.5) is 4.39 Å². The van der Waals surface area contributed by atoms with Gasteiger partial charge in [-0.1, -0.05) is 12.2 Å².